The highest BCUT2D eigenvalue weighted by Gasteiger charge is 2.42. The third-order valence-electron chi connectivity index (χ3n) is 3.50. The van der Waals surface area contributed by atoms with Crippen molar-refractivity contribution in [3.63, 3.8) is 0 Å². The number of rotatable bonds is 2. The molecule has 0 spiro atoms. The number of hydrogen-bond acceptors (Lipinski definition) is 2. The second-order valence-corrected chi connectivity index (χ2v) is 4.98. The van der Waals surface area contributed by atoms with Crippen LogP contribution >= 0.6 is 0 Å². The van der Waals surface area contributed by atoms with Gasteiger partial charge in [-0.25, -0.2) is 0 Å². The highest BCUT2D eigenvalue weighted by molar-refractivity contribution is 5.39. The Morgan fingerprint density at radius 2 is 2.00 bits per heavy atom. The smallest absolute Gasteiger partial charge is 0.0332 e. The molecule has 2 nitrogen and oxygen atoms in total. The molecule has 1 aromatic carbocycles. The molecule has 0 bridgehead atoms. The van der Waals surface area contributed by atoms with E-state index >= 15 is 0 Å². The summed E-state index contributed by atoms with van der Waals surface area (Å²) < 4.78 is 0. The molecule has 0 aliphatic carbocycles. The van der Waals surface area contributed by atoms with Gasteiger partial charge in [0, 0.05) is 25.0 Å². The summed E-state index contributed by atoms with van der Waals surface area (Å²) >= 11 is 0. The Labute approximate surface area is 92.1 Å². The van der Waals surface area contributed by atoms with Gasteiger partial charge in [-0.2, -0.15) is 0 Å². The lowest BCUT2D eigenvalue weighted by Gasteiger charge is -2.49. The Morgan fingerprint density at radius 3 is 2.53 bits per heavy atom. The maximum absolute atomic E-state index is 5.96. The molecule has 1 aliphatic rings. The van der Waals surface area contributed by atoms with Gasteiger partial charge in [-0.1, -0.05) is 23.8 Å². The lowest BCUT2D eigenvalue weighted by Crippen LogP contribution is -2.61. The molecule has 0 unspecified atom stereocenters. The molecule has 0 aromatic heterocycles. The Kier molecular flexibility index (Phi) is 2.57. The average Bonchev–Trinajstić information content (AvgIpc) is 2.17. The van der Waals surface area contributed by atoms with Gasteiger partial charge in [-0.05, 0) is 32.0 Å². The van der Waals surface area contributed by atoms with E-state index in [4.69, 9.17) is 5.73 Å². The molecule has 82 valence electrons. The van der Waals surface area contributed by atoms with E-state index in [2.05, 4.69) is 44.0 Å². The normalized spacial score (nSPS) is 20.0. The van der Waals surface area contributed by atoms with Crippen LogP contribution in [0.25, 0.3) is 0 Å². The first kappa shape index (κ1) is 10.7. The maximum atomic E-state index is 5.96. The van der Waals surface area contributed by atoms with Crippen LogP contribution in [-0.2, 0) is 5.41 Å². The lowest BCUT2D eigenvalue weighted by atomic mass is 9.72. The number of likely N-dealkylation sites (N-methyl/N-ethyl adjacent to an activating group) is 1. The second-order valence-electron chi connectivity index (χ2n) is 4.98. The van der Waals surface area contributed by atoms with Crippen LogP contribution in [0, 0.1) is 13.8 Å². The van der Waals surface area contributed by atoms with Crippen molar-refractivity contribution in [2.75, 3.05) is 26.7 Å². The van der Waals surface area contributed by atoms with Crippen molar-refractivity contribution >= 4 is 0 Å². The van der Waals surface area contributed by atoms with Crippen molar-refractivity contribution in [2.24, 2.45) is 5.73 Å². The Balaban J connectivity index is 2.39. The Morgan fingerprint density at radius 1 is 1.33 bits per heavy atom. The van der Waals surface area contributed by atoms with E-state index in [0.29, 0.717) is 0 Å². The van der Waals surface area contributed by atoms with Crippen LogP contribution in [0.15, 0.2) is 18.2 Å². The van der Waals surface area contributed by atoms with Gasteiger partial charge in [0.05, 0.1) is 0 Å². The summed E-state index contributed by atoms with van der Waals surface area (Å²) in [5.41, 5.74) is 10.3. The molecule has 0 atom stereocenters. The van der Waals surface area contributed by atoms with Crippen molar-refractivity contribution in [1.82, 2.24) is 4.90 Å². The van der Waals surface area contributed by atoms with Crippen LogP contribution in [0.5, 0.6) is 0 Å². The number of likely N-dealkylation sites (tertiary alicyclic amines) is 1. The average molecular weight is 204 g/mol. The number of aryl methyl sites for hydroxylation is 2. The van der Waals surface area contributed by atoms with Crippen molar-refractivity contribution < 1.29 is 0 Å². The zero-order valence-corrected chi connectivity index (χ0v) is 9.88. The third kappa shape index (κ3) is 1.68. The standard InChI is InChI=1S/C13H20N2/c1-10-4-5-11(2)12(6-10)13(7-14)8-15(3)9-13/h4-6H,7-9,14H2,1-3H3. The van der Waals surface area contributed by atoms with Crippen molar-refractivity contribution in [1.29, 1.82) is 0 Å². The molecule has 2 rings (SSSR count). The van der Waals surface area contributed by atoms with Gasteiger partial charge in [-0.15, -0.1) is 0 Å². The quantitative estimate of drug-likeness (QED) is 0.790. The Hall–Kier alpha value is -0.860. The molecule has 2 N–H and O–H groups in total. The van der Waals surface area contributed by atoms with Gasteiger partial charge in [-0.3, -0.25) is 0 Å². The monoisotopic (exact) mass is 204 g/mol. The SMILES string of the molecule is Cc1ccc(C)c(C2(CN)CN(C)C2)c1. The number of nitrogens with two attached hydrogens (primary N) is 1. The molecule has 0 saturated carbocycles. The van der Waals surface area contributed by atoms with Gasteiger partial charge in [0.25, 0.3) is 0 Å². The van der Waals surface area contributed by atoms with Crippen LogP contribution in [0.3, 0.4) is 0 Å². The maximum Gasteiger partial charge on any atom is 0.0332 e. The summed E-state index contributed by atoms with van der Waals surface area (Å²) in [6.07, 6.45) is 0. The highest BCUT2D eigenvalue weighted by Crippen LogP contribution is 2.34. The first-order chi connectivity index (χ1) is 7.07. The lowest BCUT2D eigenvalue weighted by molar-refractivity contribution is 0.0995. The van der Waals surface area contributed by atoms with E-state index in [0.717, 1.165) is 19.6 Å². The molecule has 1 aromatic rings. The molecule has 1 saturated heterocycles. The minimum absolute atomic E-state index is 0.213. The van der Waals surface area contributed by atoms with E-state index in [1.54, 1.807) is 0 Å². The van der Waals surface area contributed by atoms with Crippen LogP contribution < -0.4 is 5.73 Å². The first-order valence-electron chi connectivity index (χ1n) is 5.54. The van der Waals surface area contributed by atoms with Crippen molar-refractivity contribution in [3.05, 3.63) is 34.9 Å². The predicted molar refractivity (Wildman–Crippen MR) is 64.1 cm³/mol. The molecule has 15 heavy (non-hydrogen) atoms. The van der Waals surface area contributed by atoms with E-state index in [9.17, 15) is 0 Å². The van der Waals surface area contributed by atoms with Crippen LogP contribution in [0.1, 0.15) is 16.7 Å². The number of benzene rings is 1. The molecule has 2 heteroatoms. The molecule has 0 radical (unpaired) electrons. The third-order valence-corrected chi connectivity index (χ3v) is 3.50. The molecule has 0 amide bonds. The molecule has 1 heterocycles. The zero-order valence-electron chi connectivity index (χ0n) is 9.88. The van der Waals surface area contributed by atoms with Crippen LogP contribution in [-0.4, -0.2) is 31.6 Å². The second kappa shape index (κ2) is 3.62. The summed E-state index contributed by atoms with van der Waals surface area (Å²) in [5.74, 6) is 0. The number of hydrogen-bond donors (Lipinski definition) is 1. The van der Waals surface area contributed by atoms with Crippen LogP contribution in [0.4, 0.5) is 0 Å². The molecular formula is C13H20N2. The highest BCUT2D eigenvalue weighted by atomic mass is 15.2. The van der Waals surface area contributed by atoms with Crippen LogP contribution in [0.2, 0.25) is 0 Å². The van der Waals surface area contributed by atoms with Crippen molar-refractivity contribution in [3.8, 4) is 0 Å². The number of nitrogens with zero attached hydrogens (tertiary/aromatic N) is 1. The topological polar surface area (TPSA) is 29.3 Å². The summed E-state index contributed by atoms with van der Waals surface area (Å²) in [7, 11) is 2.15. The van der Waals surface area contributed by atoms with E-state index in [1.807, 2.05) is 0 Å². The fourth-order valence-electron chi connectivity index (χ4n) is 2.70. The summed E-state index contributed by atoms with van der Waals surface area (Å²) in [5, 5.41) is 0. The Bertz CT molecular complexity index is 365. The molecule has 1 aliphatic heterocycles. The minimum Gasteiger partial charge on any atom is -0.329 e. The largest absolute Gasteiger partial charge is 0.329 e. The fraction of sp³-hybridized carbons (Fsp3) is 0.538. The van der Waals surface area contributed by atoms with E-state index < -0.39 is 0 Å². The van der Waals surface area contributed by atoms with Gasteiger partial charge in [0.1, 0.15) is 0 Å². The van der Waals surface area contributed by atoms with Crippen molar-refractivity contribution in [2.45, 2.75) is 19.3 Å². The van der Waals surface area contributed by atoms with E-state index in [-0.39, 0.29) is 5.41 Å². The summed E-state index contributed by atoms with van der Waals surface area (Å²) in [6.45, 7) is 7.27. The van der Waals surface area contributed by atoms with Gasteiger partial charge in [0.15, 0.2) is 0 Å². The predicted octanol–water partition coefficient (Wildman–Crippen LogP) is 1.45. The van der Waals surface area contributed by atoms with Gasteiger partial charge < -0.3 is 10.6 Å². The van der Waals surface area contributed by atoms with Gasteiger partial charge >= 0.3 is 0 Å². The molecule has 1 fully saturated rings. The zero-order chi connectivity index (χ0) is 11.1. The summed E-state index contributed by atoms with van der Waals surface area (Å²) in [6, 6.07) is 6.68. The minimum atomic E-state index is 0.213. The first-order valence-corrected chi connectivity index (χ1v) is 5.54. The van der Waals surface area contributed by atoms with E-state index in [1.165, 1.54) is 16.7 Å². The molecular weight excluding hydrogens is 184 g/mol. The summed E-state index contributed by atoms with van der Waals surface area (Å²) in [4.78, 5) is 2.33. The van der Waals surface area contributed by atoms with Gasteiger partial charge in [0.2, 0.25) is 0 Å². The fourth-order valence-corrected chi connectivity index (χ4v) is 2.70.